The molecule has 0 unspecified atom stereocenters. The number of rotatable bonds is 4. The van der Waals surface area contributed by atoms with E-state index in [0.717, 1.165) is 24.8 Å². The topological polar surface area (TPSA) is 89.3 Å². The molecule has 0 radical (unpaired) electrons. The van der Waals surface area contributed by atoms with Crippen molar-refractivity contribution in [2.75, 3.05) is 5.32 Å². The van der Waals surface area contributed by atoms with Crippen LogP contribution in [0.5, 0.6) is 0 Å². The van der Waals surface area contributed by atoms with E-state index in [0.29, 0.717) is 16.3 Å². The molecule has 1 amide bonds. The Hall–Kier alpha value is -1.89. The summed E-state index contributed by atoms with van der Waals surface area (Å²) in [5.74, 6) is -0.162. The Morgan fingerprint density at radius 1 is 1.20 bits per heavy atom. The highest BCUT2D eigenvalue weighted by Crippen LogP contribution is 2.45. The van der Waals surface area contributed by atoms with Crippen molar-refractivity contribution in [3.8, 4) is 0 Å². The average molecular weight is 379 g/mol. The van der Waals surface area contributed by atoms with Gasteiger partial charge in [0.25, 0.3) is 0 Å². The molecule has 0 aromatic heterocycles. The zero-order chi connectivity index (χ0) is 18.2. The number of carbonyl (C=O) groups is 1. The van der Waals surface area contributed by atoms with Crippen LogP contribution in [0.4, 0.5) is 5.69 Å². The van der Waals surface area contributed by atoms with Gasteiger partial charge in [0.15, 0.2) is 0 Å². The Labute approximate surface area is 152 Å². The lowest BCUT2D eigenvalue weighted by Gasteiger charge is -2.40. The van der Waals surface area contributed by atoms with Crippen LogP contribution >= 0.6 is 11.6 Å². The molecule has 3 N–H and O–H groups in total. The fourth-order valence-corrected chi connectivity index (χ4v) is 4.20. The average Bonchev–Trinajstić information content (AvgIpc) is 2.47. The Kier molecular flexibility index (Phi) is 4.62. The molecule has 0 spiro atoms. The van der Waals surface area contributed by atoms with E-state index in [-0.39, 0.29) is 10.8 Å². The predicted molar refractivity (Wildman–Crippen MR) is 98.2 cm³/mol. The lowest BCUT2D eigenvalue weighted by molar-refractivity contribution is -0.124. The molecule has 0 bridgehead atoms. The minimum absolute atomic E-state index is 0.00992. The summed E-state index contributed by atoms with van der Waals surface area (Å²) >= 11 is 6.07. The quantitative estimate of drug-likeness (QED) is 0.854. The monoisotopic (exact) mass is 378 g/mol. The molecule has 0 aliphatic heterocycles. The number of sulfonamides is 1. The van der Waals surface area contributed by atoms with E-state index < -0.39 is 15.4 Å². The second-order valence-electron chi connectivity index (χ2n) is 6.43. The van der Waals surface area contributed by atoms with Crippen LogP contribution in [0, 0.1) is 6.92 Å². The van der Waals surface area contributed by atoms with Crippen LogP contribution in [0.1, 0.15) is 30.4 Å². The molecule has 3 rings (SSSR count). The normalized spacial score (nSPS) is 16.1. The molecule has 132 valence electrons. The minimum atomic E-state index is -3.85. The van der Waals surface area contributed by atoms with E-state index in [4.69, 9.17) is 16.7 Å². The van der Waals surface area contributed by atoms with Crippen LogP contribution in [-0.2, 0) is 20.2 Å². The smallest absolute Gasteiger partial charge is 0.238 e. The number of hydrogen-bond acceptors (Lipinski definition) is 3. The fourth-order valence-electron chi connectivity index (χ4n) is 3.20. The Morgan fingerprint density at radius 3 is 2.48 bits per heavy atom. The summed E-state index contributed by atoms with van der Waals surface area (Å²) in [6.45, 7) is 1.66. The van der Waals surface area contributed by atoms with Crippen LogP contribution in [0.2, 0.25) is 5.02 Å². The number of nitrogens with one attached hydrogen (secondary N) is 1. The third kappa shape index (κ3) is 3.42. The second-order valence-corrected chi connectivity index (χ2v) is 8.39. The zero-order valence-electron chi connectivity index (χ0n) is 13.8. The van der Waals surface area contributed by atoms with Gasteiger partial charge < -0.3 is 5.32 Å². The van der Waals surface area contributed by atoms with E-state index in [2.05, 4.69) is 5.32 Å². The number of nitrogens with two attached hydrogens (primary N) is 1. The van der Waals surface area contributed by atoms with Gasteiger partial charge in [-0.2, -0.15) is 0 Å². The fraction of sp³-hybridized carbons (Fsp3) is 0.278. The third-order valence-electron chi connectivity index (χ3n) is 4.77. The standard InChI is InChI=1S/C18H19ClN2O3S/c1-12-6-7-15(11-16(12)25(20,23)24)21-17(22)18(8-3-9-18)13-4-2-5-14(19)10-13/h2,4-7,10-11H,3,8-9H2,1H3,(H,21,22)(H2,20,23,24). The van der Waals surface area contributed by atoms with Gasteiger partial charge in [0.05, 0.1) is 10.3 Å². The summed E-state index contributed by atoms with van der Waals surface area (Å²) in [5.41, 5.74) is 1.20. The lowest BCUT2D eigenvalue weighted by atomic mass is 9.64. The van der Waals surface area contributed by atoms with E-state index in [9.17, 15) is 13.2 Å². The summed E-state index contributed by atoms with van der Waals surface area (Å²) in [4.78, 5) is 12.9. The van der Waals surface area contributed by atoms with Gasteiger partial charge in [-0.05, 0) is 55.2 Å². The van der Waals surface area contributed by atoms with Crippen LogP contribution < -0.4 is 10.5 Å². The number of carbonyl (C=O) groups excluding carboxylic acids is 1. The maximum Gasteiger partial charge on any atom is 0.238 e. The van der Waals surface area contributed by atoms with Gasteiger partial charge in [-0.15, -0.1) is 0 Å². The Morgan fingerprint density at radius 2 is 1.92 bits per heavy atom. The van der Waals surface area contributed by atoms with Gasteiger partial charge in [0.1, 0.15) is 0 Å². The van der Waals surface area contributed by atoms with Gasteiger partial charge in [0.2, 0.25) is 15.9 Å². The first kappa shape index (κ1) is 17.9. The third-order valence-corrected chi connectivity index (χ3v) is 6.06. The van der Waals surface area contributed by atoms with Crippen molar-refractivity contribution < 1.29 is 13.2 Å². The first-order valence-corrected chi connectivity index (χ1v) is 9.86. The molecule has 2 aromatic rings. The number of primary sulfonamides is 1. The van der Waals surface area contributed by atoms with Crippen molar-refractivity contribution in [3.63, 3.8) is 0 Å². The van der Waals surface area contributed by atoms with Gasteiger partial charge in [-0.3, -0.25) is 4.79 Å². The number of aryl methyl sites for hydroxylation is 1. The van der Waals surface area contributed by atoms with Gasteiger partial charge in [0, 0.05) is 10.7 Å². The Balaban J connectivity index is 1.92. The molecule has 1 fully saturated rings. The van der Waals surface area contributed by atoms with Crippen molar-refractivity contribution in [3.05, 3.63) is 58.6 Å². The molecule has 25 heavy (non-hydrogen) atoms. The number of anilines is 1. The number of halogens is 1. The number of benzene rings is 2. The zero-order valence-corrected chi connectivity index (χ0v) is 15.3. The lowest BCUT2D eigenvalue weighted by Crippen LogP contribution is -2.46. The molecular formula is C18H19ClN2O3S. The number of hydrogen-bond donors (Lipinski definition) is 2. The van der Waals surface area contributed by atoms with E-state index in [1.807, 2.05) is 18.2 Å². The first-order chi connectivity index (χ1) is 11.7. The van der Waals surface area contributed by atoms with Crippen LogP contribution in [0.3, 0.4) is 0 Å². The van der Waals surface area contributed by atoms with Crippen molar-refractivity contribution in [2.24, 2.45) is 5.14 Å². The summed E-state index contributed by atoms with van der Waals surface area (Å²) in [6, 6.07) is 12.0. The van der Waals surface area contributed by atoms with Crippen molar-refractivity contribution in [2.45, 2.75) is 36.5 Å². The molecule has 2 aromatic carbocycles. The molecule has 1 aliphatic carbocycles. The van der Waals surface area contributed by atoms with Crippen LogP contribution in [0.25, 0.3) is 0 Å². The van der Waals surface area contributed by atoms with Crippen LogP contribution in [0.15, 0.2) is 47.4 Å². The first-order valence-electron chi connectivity index (χ1n) is 7.93. The molecule has 0 saturated heterocycles. The summed E-state index contributed by atoms with van der Waals surface area (Å²) in [7, 11) is -3.85. The molecule has 0 heterocycles. The maximum absolute atomic E-state index is 12.9. The van der Waals surface area contributed by atoms with Crippen molar-refractivity contribution >= 4 is 33.2 Å². The molecule has 1 saturated carbocycles. The number of amides is 1. The highest BCUT2D eigenvalue weighted by Gasteiger charge is 2.45. The molecule has 1 aliphatic rings. The Bertz CT molecular complexity index is 937. The molecule has 5 nitrogen and oxygen atoms in total. The molecular weight excluding hydrogens is 360 g/mol. The molecule has 7 heteroatoms. The van der Waals surface area contributed by atoms with Gasteiger partial charge in [-0.1, -0.05) is 36.2 Å². The summed E-state index contributed by atoms with van der Waals surface area (Å²) in [5, 5.41) is 8.66. The largest absolute Gasteiger partial charge is 0.325 e. The highest BCUT2D eigenvalue weighted by molar-refractivity contribution is 7.89. The van der Waals surface area contributed by atoms with Crippen molar-refractivity contribution in [1.82, 2.24) is 0 Å². The molecule has 0 atom stereocenters. The summed E-state index contributed by atoms with van der Waals surface area (Å²) in [6.07, 6.45) is 2.41. The van der Waals surface area contributed by atoms with E-state index in [1.165, 1.54) is 6.07 Å². The SMILES string of the molecule is Cc1ccc(NC(=O)C2(c3cccc(Cl)c3)CCC2)cc1S(N)(=O)=O. The summed E-state index contributed by atoms with van der Waals surface area (Å²) < 4.78 is 23.3. The highest BCUT2D eigenvalue weighted by atomic mass is 35.5. The van der Waals surface area contributed by atoms with E-state index in [1.54, 1.807) is 25.1 Å². The maximum atomic E-state index is 12.9. The van der Waals surface area contributed by atoms with E-state index >= 15 is 0 Å². The van der Waals surface area contributed by atoms with Crippen molar-refractivity contribution in [1.29, 1.82) is 0 Å². The minimum Gasteiger partial charge on any atom is -0.325 e. The van der Waals surface area contributed by atoms with Crippen LogP contribution in [-0.4, -0.2) is 14.3 Å². The predicted octanol–water partition coefficient (Wildman–Crippen LogP) is 3.36. The van der Waals surface area contributed by atoms with Gasteiger partial charge >= 0.3 is 0 Å². The second kappa shape index (κ2) is 6.44. The van der Waals surface area contributed by atoms with Gasteiger partial charge in [-0.25, -0.2) is 13.6 Å².